The van der Waals surface area contributed by atoms with E-state index in [-0.39, 0.29) is 0 Å². The summed E-state index contributed by atoms with van der Waals surface area (Å²) in [5.74, 6) is 1.92. The van der Waals surface area contributed by atoms with E-state index >= 15 is 0 Å². The summed E-state index contributed by atoms with van der Waals surface area (Å²) in [7, 11) is 0. The van der Waals surface area contributed by atoms with Crippen LogP contribution in [-0.4, -0.2) is 15.0 Å². The van der Waals surface area contributed by atoms with Crippen LogP contribution in [-0.2, 0) is 5.41 Å². The van der Waals surface area contributed by atoms with Crippen LogP contribution in [0.3, 0.4) is 0 Å². The Labute approximate surface area is 356 Å². The summed E-state index contributed by atoms with van der Waals surface area (Å²) in [6.07, 6.45) is 0. The van der Waals surface area contributed by atoms with Gasteiger partial charge in [0.1, 0.15) is 0 Å². The largest absolute Gasteiger partial charge is 0.208 e. The van der Waals surface area contributed by atoms with Gasteiger partial charge in [-0.3, -0.25) is 0 Å². The number of hydrogen-bond donors (Lipinski definition) is 0. The molecule has 1 aliphatic rings. The molecular weight excluding hydrogens is 739 g/mol. The monoisotopic (exact) mass is 777 g/mol. The van der Waals surface area contributed by atoms with E-state index in [1.165, 1.54) is 50.1 Å². The van der Waals surface area contributed by atoms with E-state index in [2.05, 4.69) is 176 Å². The SMILES string of the molecule is c1ccc(-c2cccc(-c3cc4c(cc3-c3ccc(-c5nc(-c6ccccc6)nc(-c6ccccc6)n5)cc3)-c3ccccc3C4(c3ccccc3)c3ccccc3)c2)cc1. The standard InChI is InChI=1S/C58H39N3/c1-6-19-40(20-7-1)45-25-18-26-46(37-45)51-39-54-52(49-31-16-17-32-53(49)58(54,47-27-12-4-13-28-47)48-29-14-5-15-30-48)38-50(51)41-33-35-44(36-34-41)57-60-55(42-21-8-2-9-22-42)59-56(61-57)43-23-10-3-11-24-43/h1-39H. The van der Waals surface area contributed by atoms with Crippen LogP contribution >= 0.6 is 0 Å². The number of benzene rings is 9. The number of hydrogen-bond acceptors (Lipinski definition) is 3. The van der Waals surface area contributed by atoms with Gasteiger partial charge in [0.25, 0.3) is 0 Å². The maximum absolute atomic E-state index is 5.03. The van der Waals surface area contributed by atoms with Crippen LogP contribution in [0, 0.1) is 0 Å². The third-order valence-corrected chi connectivity index (χ3v) is 12.0. The zero-order valence-corrected chi connectivity index (χ0v) is 33.4. The molecule has 0 fully saturated rings. The number of nitrogens with zero attached hydrogens (tertiary/aromatic N) is 3. The summed E-state index contributed by atoms with van der Waals surface area (Å²) in [6.45, 7) is 0. The van der Waals surface area contributed by atoms with E-state index in [0.717, 1.165) is 33.4 Å². The van der Waals surface area contributed by atoms with Crippen LogP contribution in [0.25, 0.3) is 78.7 Å². The molecule has 0 unspecified atom stereocenters. The van der Waals surface area contributed by atoms with Crippen molar-refractivity contribution in [3.05, 3.63) is 259 Å². The highest BCUT2D eigenvalue weighted by molar-refractivity contribution is 5.95. The molecule has 0 bridgehead atoms. The van der Waals surface area contributed by atoms with Crippen molar-refractivity contribution in [3.8, 4) is 78.7 Å². The van der Waals surface area contributed by atoms with Gasteiger partial charge in [-0.1, -0.05) is 218 Å². The fourth-order valence-electron chi connectivity index (χ4n) is 9.20. The van der Waals surface area contributed by atoms with Gasteiger partial charge < -0.3 is 0 Å². The molecule has 11 rings (SSSR count). The van der Waals surface area contributed by atoms with Crippen molar-refractivity contribution in [2.45, 2.75) is 5.41 Å². The molecule has 286 valence electrons. The van der Waals surface area contributed by atoms with Crippen LogP contribution in [0.4, 0.5) is 0 Å². The molecule has 3 heteroatoms. The van der Waals surface area contributed by atoms with Gasteiger partial charge in [0.15, 0.2) is 17.5 Å². The first kappa shape index (κ1) is 36.1. The van der Waals surface area contributed by atoms with E-state index in [0.29, 0.717) is 17.5 Å². The Morgan fingerprint density at radius 3 is 1.20 bits per heavy atom. The second kappa shape index (κ2) is 15.3. The lowest BCUT2D eigenvalue weighted by Crippen LogP contribution is -2.28. The Balaban J connectivity index is 1.13. The van der Waals surface area contributed by atoms with E-state index in [4.69, 9.17) is 15.0 Å². The summed E-state index contributed by atoms with van der Waals surface area (Å²) in [4.78, 5) is 15.0. The maximum Gasteiger partial charge on any atom is 0.164 e. The Morgan fingerprint density at radius 2 is 0.639 bits per heavy atom. The van der Waals surface area contributed by atoms with Gasteiger partial charge >= 0.3 is 0 Å². The predicted molar refractivity (Wildman–Crippen MR) is 250 cm³/mol. The number of fused-ring (bicyclic) bond motifs is 3. The minimum Gasteiger partial charge on any atom is -0.208 e. The molecule has 0 spiro atoms. The molecule has 0 amide bonds. The lowest BCUT2D eigenvalue weighted by atomic mass is 9.67. The first-order valence-corrected chi connectivity index (χ1v) is 20.8. The highest BCUT2D eigenvalue weighted by Crippen LogP contribution is 2.58. The zero-order valence-electron chi connectivity index (χ0n) is 33.4. The molecule has 3 nitrogen and oxygen atoms in total. The van der Waals surface area contributed by atoms with E-state index in [1.807, 2.05) is 60.7 Å². The van der Waals surface area contributed by atoms with Gasteiger partial charge in [0.2, 0.25) is 0 Å². The highest BCUT2D eigenvalue weighted by Gasteiger charge is 2.46. The highest BCUT2D eigenvalue weighted by atomic mass is 15.0. The zero-order chi connectivity index (χ0) is 40.6. The van der Waals surface area contributed by atoms with Crippen LogP contribution in [0.5, 0.6) is 0 Å². The van der Waals surface area contributed by atoms with Gasteiger partial charge in [0, 0.05) is 16.7 Å². The quantitative estimate of drug-likeness (QED) is 0.154. The van der Waals surface area contributed by atoms with Crippen molar-refractivity contribution < 1.29 is 0 Å². The molecule has 10 aromatic rings. The second-order valence-electron chi connectivity index (χ2n) is 15.5. The molecule has 0 saturated heterocycles. The average Bonchev–Trinajstić information content (AvgIpc) is 3.65. The first-order chi connectivity index (χ1) is 30.2. The van der Waals surface area contributed by atoms with Gasteiger partial charge in [-0.25, -0.2) is 15.0 Å². The minimum absolute atomic E-state index is 0.520. The molecule has 0 radical (unpaired) electrons. The second-order valence-corrected chi connectivity index (χ2v) is 15.5. The molecular formula is C58H39N3. The summed E-state index contributed by atoms with van der Waals surface area (Å²) in [5, 5.41) is 0. The number of aromatic nitrogens is 3. The first-order valence-electron chi connectivity index (χ1n) is 20.8. The van der Waals surface area contributed by atoms with Crippen molar-refractivity contribution in [1.29, 1.82) is 0 Å². The molecule has 0 aliphatic heterocycles. The molecule has 0 saturated carbocycles. The van der Waals surface area contributed by atoms with E-state index < -0.39 is 5.41 Å². The van der Waals surface area contributed by atoms with Gasteiger partial charge in [-0.15, -0.1) is 0 Å². The summed E-state index contributed by atoms with van der Waals surface area (Å²) < 4.78 is 0. The Hall–Kier alpha value is -8.01. The topological polar surface area (TPSA) is 38.7 Å². The van der Waals surface area contributed by atoms with Gasteiger partial charge in [-0.2, -0.15) is 0 Å². The normalized spacial score (nSPS) is 12.4. The molecule has 0 N–H and O–H groups in total. The molecule has 9 aromatic carbocycles. The van der Waals surface area contributed by atoms with Crippen molar-refractivity contribution in [2.24, 2.45) is 0 Å². The van der Waals surface area contributed by atoms with E-state index in [1.54, 1.807) is 0 Å². The minimum atomic E-state index is -0.520. The molecule has 1 heterocycles. The fourth-order valence-corrected chi connectivity index (χ4v) is 9.20. The lowest BCUT2D eigenvalue weighted by molar-refractivity contribution is 0.769. The smallest absolute Gasteiger partial charge is 0.164 e. The summed E-state index contributed by atoms with van der Waals surface area (Å²) in [5.41, 5.74) is 16.8. The molecule has 1 aromatic heterocycles. The average molecular weight is 778 g/mol. The van der Waals surface area contributed by atoms with Crippen molar-refractivity contribution in [2.75, 3.05) is 0 Å². The summed E-state index contributed by atoms with van der Waals surface area (Å²) >= 11 is 0. The molecule has 61 heavy (non-hydrogen) atoms. The lowest BCUT2D eigenvalue weighted by Gasteiger charge is -2.34. The fraction of sp³-hybridized carbons (Fsp3) is 0.0172. The Kier molecular flexibility index (Phi) is 9.05. The van der Waals surface area contributed by atoms with E-state index in [9.17, 15) is 0 Å². The predicted octanol–water partition coefficient (Wildman–Crippen LogP) is 14.2. The summed E-state index contributed by atoms with van der Waals surface area (Å²) in [6, 6.07) is 84.5. The Bertz CT molecular complexity index is 3050. The van der Waals surface area contributed by atoms with Crippen LogP contribution in [0.2, 0.25) is 0 Å². The Morgan fingerprint density at radius 1 is 0.230 bits per heavy atom. The third-order valence-electron chi connectivity index (χ3n) is 12.0. The van der Waals surface area contributed by atoms with Crippen molar-refractivity contribution in [1.82, 2.24) is 15.0 Å². The van der Waals surface area contributed by atoms with Crippen molar-refractivity contribution in [3.63, 3.8) is 0 Å². The van der Waals surface area contributed by atoms with Crippen LogP contribution in [0.15, 0.2) is 237 Å². The molecule has 0 atom stereocenters. The van der Waals surface area contributed by atoms with Gasteiger partial charge in [-0.05, 0) is 85.0 Å². The number of rotatable bonds is 8. The van der Waals surface area contributed by atoms with Gasteiger partial charge in [0.05, 0.1) is 5.41 Å². The maximum atomic E-state index is 5.03. The molecule has 1 aliphatic carbocycles. The van der Waals surface area contributed by atoms with Crippen molar-refractivity contribution >= 4 is 0 Å². The third kappa shape index (κ3) is 6.35. The van der Waals surface area contributed by atoms with Crippen LogP contribution in [0.1, 0.15) is 22.3 Å². The van der Waals surface area contributed by atoms with Crippen LogP contribution < -0.4 is 0 Å².